The average molecular weight is 382 g/mol. The molecule has 138 valence electrons. The second kappa shape index (κ2) is 8.52. The molecule has 3 aromatic rings. The predicted molar refractivity (Wildman–Crippen MR) is 102 cm³/mol. The first kappa shape index (κ1) is 18.7. The van der Waals surface area contributed by atoms with Crippen molar-refractivity contribution in [3.05, 3.63) is 84.4 Å². The number of nitrogens with zero attached hydrogens (tertiary/aromatic N) is 2. The topological polar surface area (TPSA) is 101 Å². The van der Waals surface area contributed by atoms with Crippen LogP contribution in [0, 0.1) is 0 Å². The Morgan fingerprint density at radius 3 is 2.37 bits per heavy atom. The van der Waals surface area contributed by atoms with Gasteiger partial charge in [0.1, 0.15) is 5.69 Å². The lowest BCUT2D eigenvalue weighted by atomic mass is 10.2. The van der Waals surface area contributed by atoms with E-state index < -0.39 is 15.9 Å². The Morgan fingerprint density at radius 1 is 0.963 bits per heavy atom. The van der Waals surface area contributed by atoms with Gasteiger partial charge in [-0.3, -0.25) is 9.78 Å². The lowest BCUT2D eigenvalue weighted by Crippen LogP contribution is -2.26. The van der Waals surface area contributed by atoms with Crippen LogP contribution in [-0.2, 0) is 16.4 Å². The van der Waals surface area contributed by atoms with Gasteiger partial charge in [-0.25, -0.2) is 18.1 Å². The third-order valence-electron chi connectivity index (χ3n) is 3.77. The van der Waals surface area contributed by atoms with Gasteiger partial charge >= 0.3 is 0 Å². The Hall–Kier alpha value is -3.10. The zero-order valence-electron chi connectivity index (χ0n) is 14.4. The van der Waals surface area contributed by atoms with Gasteiger partial charge in [0.2, 0.25) is 10.0 Å². The molecule has 0 fully saturated rings. The van der Waals surface area contributed by atoms with Gasteiger partial charge in [0.05, 0.1) is 11.1 Å². The largest absolute Gasteiger partial charge is 0.321 e. The zero-order valence-corrected chi connectivity index (χ0v) is 15.2. The number of anilines is 1. The average Bonchev–Trinajstić information content (AvgIpc) is 2.70. The number of amides is 1. The monoisotopic (exact) mass is 382 g/mol. The van der Waals surface area contributed by atoms with Crippen molar-refractivity contribution >= 4 is 21.6 Å². The van der Waals surface area contributed by atoms with Crippen LogP contribution in [0.4, 0.5) is 5.69 Å². The molecule has 0 aliphatic rings. The highest BCUT2D eigenvalue weighted by Crippen LogP contribution is 2.14. The molecule has 0 radical (unpaired) electrons. The third-order valence-corrected chi connectivity index (χ3v) is 5.24. The first-order valence-corrected chi connectivity index (χ1v) is 9.74. The minimum atomic E-state index is -3.61. The van der Waals surface area contributed by atoms with Gasteiger partial charge in [0, 0.05) is 24.6 Å². The van der Waals surface area contributed by atoms with Crippen LogP contribution in [0.25, 0.3) is 0 Å². The van der Waals surface area contributed by atoms with Gasteiger partial charge in [-0.05, 0) is 36.2 Å². The van der Waals surface area contributed by atoms with E-state index in [0.717, 1.165) is 5.56 Å². The summed E-state index contributed by atoms with van der Waals surface area (Å²) in [7, 11) is -3.61. The van der Waals surface area contributed by atoms with Crippen LogP contribution in [-0.4, -0.2) is 30.8 Å². The highest BCUT2D eigenvalue weighted by molar-refractivity contribution is 7.89. The van der Waals surface area contributed by atoms with Gasteiger partial charge in [-0.15, -0.1) is 0 Å². The van der Waals surface area contributed by atoms with Crippen molar-refractivity contribution in [2.24, 2.45) is 0 Å². The number of aromatic nitrogens is 2. The Balaban J connectivity index is 1.59. The quantitative estimate of drug-likeness (QED) is 0.653. The summed E-state index contributed by atoms with van der Waals surface area (Å²) in [6.07, 6.45) is 4.85. The fraction of sp³-hybridized carbons (Fsp3) is 0.105. The van der Waals surface area contributed by atoms with Gasteiger partial charge in [0.25, 0.3) is 5.91 Å². The van der Waals surface area contributed by atoms with Crippen molar-refractivity contribution < 1.29 is 13.2 Å². The molecule has 2 N–H and O–H groups in total. The molecule has 0 aliphatic heterocycles. The molecule has 7 nitrogen and oxygen atoms in total. The molecule has 1 heterocycles. The highest BCUT2D eigenvalue weighted by atomic mass is 32.2. The second-order valence-electron chi connectivity index (χ2n) is 5.70. The van der Waals surface area contributed by atoms with Crippen molar-refractivity contribution in [1.82, 2.24) is 14.7 Å². The Kier molecular flexibility index (Phi) is 5.90. The minimum Gasteiger partial charge on any atom is -0.321 e. The van der Waals surface area contributed by atoms with Crippen LogP contribution in [0.15, 0.2) is 78.1 Å². The number of nitrogens with one attached hydrogen (secondary N) is 2. The number of rotatable bonds is 7. The van der Waals surface area contributed by atoms with Crippen LogP contribution in [0.5, 0.6) is 0 Å². The molecule has 8 heteroatoms. The molecule has 0 saturated heterocycles. The van der Waals surface area contributed by atoms with E-state index in [1.165, 1.54) is 42.9 Å². The van der Waals surface area contributed by atoms with Gasteiger partial charge in [-0.2, -0.15) is 0 Å². The molecule has 1 aromatic heterocycles. The van der Waals surface area contributed by atoms with Crippen LogP contribution in [0.3, 0.4) is 0 Å². The molecule has 0 unspecified atom stereocenters. The lowest BCUT2D eigenvalue weighted by molar-refractivity contribution is 0.102. The van der Waals surface area contributed by atoms with E-state index >= 15 is 0 Å². The van der Waals surface area contributed by atoms with Crippen molar-refractivity contribution in [3.63, 3.8) is 0 Å². The number of benzene rings is 2. The molecule has 1 amide bonds. The highest BCUT2D eigenvalue weighted by Gasteiger charge is 2.14. The summed E-state index contributed by atoms with van der Waals surface area (Å²) in [5.74, 6) is -0.417. The van der Waals surface area contributed by atoms with Crippen molar-refractivity contribution in [2.45, 2.75) is 11.3 Å². The van der Waals surface area contributed by atoms with E-state index in [-0.39, 0.29) is 10.6 Å². The Morgan fingerprint density at radius 2 is 1.70 bits per heavy atom. The van der Waals surface area contributed by atoms with Gasteiger partial charge < -0.3 is 5.32 Å². The molecule has 0 saturated carbocycles. The fourth-order valence-electron chi connectivity index (χ4n) is 2.39. The molecule has 0 aliphatic carbocycles. The molecule has 27 heavy (non-hydrogen) atoms. The minimum absolute atomic E-state index is 0.132. The molecule has 0 bridgehead atoms. The van der Waals surface area contributed by atoms with Crippen molar-refractivity contribution in [2.75, 3.05) is 11.9 Å². The number of carbonyl (C=O) groups excluding carboxylic acids is 1. The second-order valence-corrected chi connectivity index (χ2v) is 7.47. The maximum atomic E-state index is 12.4. The molecular formula is C19H18N4O3S. The maximum absolute atomic E-state index is 12.4. The SMILES string of the molecule is O=C(Nc1ccc(S(=O)(=O)NCCc2ccccc2)cc1)c1cnccn1. The number of hydrogen-bond acceptors (Lipinski definition) is 5. The lowest BCUT2D eigenvalue weighted by Gasteiger charge is -2.08. The van der Waals surface area contributed by atoms with Crippen LogP contribution in [0.1, 0.15) is 16.1 Å². The molecule has 3 rings (SSSR count). The Bertz CT molecular complexity index is 992. The third kappa shape index (κ3) is 5.19. The normalized spacial score (nSPS) is 11.1. The van der Waals surface area contributed by atoms with Gasteiger partial charge in [-0.1, -0.05) is 30.3 Å². The smallest absolute Gasteiger partial charge is 0.275 e. The standard InChI is InChI=1S/C19H18N4O3S/c24-19(18-14-20-12-13-21-18)23-16-6-8-17(9-7-16)27(25,26)22-11-10-15-4-2-1-3-5-15/h1-9,12-14,22H,10-11H2,(H,23,24). The van der Waals surface area contributed by atoms with Crippen LogP contribution >= 0.6 is 0 Å². The maximum Gasteiger partial charge on any atom is 0.275 e. The number of carbonyl (C=O) groups is 1. The van der Waals surface area contributed by atoms with Crippen molar-refractivity contribution in [1.29, 1.82) is 0 Å². The first-order valence-electron chi connectivity index (χ1n) is 8.26. The molecule has 0 spiro atoms. The first-order chi connectivity index (χ1) is 13.0. The Labute approximate surface area is 157 Å². The fourth-order valence-corrected chi connectivity index (χ4v) is 3.42. The summed E-state index contributed by atoms with van der Waals surface area (Å²) in [4.78, 5) is 19.9. The summed E-state index contributed by atoms with van der Waals surface area (Å²) < 4.78 is 27.3. The van der Waals surface area contributed by atoms with E-state index in [2.05, 4.69) is 20.0 Å². The van der Waals surface area contributed by atoms with E-state index in [1.807, 2.05) is 30.3 Å². The molecular weight excluding hydrogens is 364 g/mol. The summed E-state index contributed by atoms with van der Waals surface area (Å²) >= 11 is 0. The van der Waals surface area contributed by atoms with Crippen molar-refractivity contribution in [3.8, 4) is 0 Å². The molecule has 0 atom stereocenters. The van der Waals surface area contributed by atoms with E-state index in [0.29, 0.717) is 18.7 Å². The van der Waals surface area contributed by atoms with Gasteiger partial charge in [0.15, 0.2) is 0 Å². The summed E-state index contributed by atoms with van der Waals surface area (Å²) in [6.45, 7) is 0.303. The summed E-state index contributed by atoms with van der Waals surface area (Å²) in [6, 6.07) is 15.6. The van der Waals surface area contributed by atoms with E-state index in [1.54, 1.807) is 0 Å². The summed E-state index contributed by atoms with van der Waals surface area (Å²) in [5.41, 5.74) is 1.70. The van der Waals surface area contributed by atoms with Crippen LogP contribution in [0.2, 0.25) is 0 Å². The van der Waals surface area contributed by atoms with E-state index in [9.17, 15) is 13.2 Å². The van der Waals surface area contributed by atoms with Crippen LogP contribution < -0.4 is 10.0 Å². The number of hydrogen-bond donors (Lipinski definition) is 2. The van der Waals surface area contributed by atoms with E-state index in [4.69, 9.17) is 0 Å². The number of sulfonamides is 1. The summed E-state index contributed by atoms with van der Waals surface area (Å²) in [5, 5.41) is 2.64. The zero-order chi connectivity index (χ0) is 19.1. The molecule has 2 aromatic carbocycles. The predicted octanol–water partition coefficient (Wildman–Crippen LogP) is 2.25.